The molecule has 1 amide bonds. The monoisotopic (exact) mass is 427 g/mol. The van der Waals surface area contributed by atoms with Crippen LogP contribution in [0.25, 0.3) is 5.65 Å². The van der Waals surface area contributed by atoms with Crippen LogP contribution in [-0.4, -0.2) is 27.7 Å². The van der Waals surface area contributed by atoms with Gasteiger partial charge in [-0.1, -0.05) is 36.4 Å². The molecule has 32 heavy (non-hydrogen) atoms. The van der Waals surface area contributed by atoms with Gasteiger partial charge in [0, 0.05) is 24.5 Å². The summed E-state index contributed by atoms with van der Waals surface area (Å²) in [6.07, 6.45) is 8.18. The fraction of sp³-hybridized carbons (Fsp3) is 0.208. The van der Waals surface area contributed by atoms with Gasteiger partial charge in [0.1, 0.15) is 17.6 Å². The van der Waals surface area contributed by atoms with Crippen LogP contribution < -0.4 is 21.7 Å². The topological polar surface area (TPSA) is 109 Å². The maximum Gasteiger partial charge on any atom is 0.252 e. The van der Waals surface area contributed by atoms with Gasteiger partial charge in [-0.25, -0.2) is 9.98 Å². The number of nitrogens with two attached hydrogens (primary N) is 1. The molecule has 0 fully saturated rings. The molecule has 0 spiro atoms. The summed E-state index contributed by atoms with van der Waals surface area (Å²) >= 11 is 0. The van der Waals surface area contributed by atoms with Gasteiger partial charge < -0.3 is 11.1 Å². The molecule has 5 rings (SSSR count). The Morgan fingerprint density at radius 3 is 2.91 bits per heavy atom. The lowest BCUT2D eigenvalue weighted by Crippen LogP contribution is -2.53. The van der Waals surface area contributed by atoms with Gasteiger partial charge in [-0.15, -0.1) is 0 Å². The van der Waals surface area contributed by atoms with Crippen molar-refractivity contribution in [2.45, 2.75) is 32.2 Å². The van der Waals surface area contributed by atoms with Crippen molar-refractivity contribution in [3.8, 4) is 0 Å². The highest BCUT2D eigenvalue weighted by Gasteiger charge is 2.31. The average Bonchev–Trinajstić information content (AvgIpc) is 2.96. The van der Waals surface area contributed by atoms with Gasteiger partial charge in [-0.05, 0) is 37.1 Å². The van der Waals surface area contributed by atoms with E-state index in [1.54, 1.807) is 12.3 Å². The van der Waals surface area contributed by atoms with Crippen LogP contribution in [0.1, 0.15) is 39.9 Å². The minimum Gasteiger partial charge on any atom is -0.365 e. The number of aromatic nitrogens is 2. The highest BCUT2D eigenvalue weighted by atomic mass is 16.1. The SMILES string of the molecule is Cc1nc2c(C(N)=O)cccn2c1C1NC2=C(CC=CC=N2)C(NCc2ccccc2)N1. The molecule has 0 saturated heterocycles. The van der Waals surface area contributed by atoms with E-state index in [9.17, 15) is 4.79 Å². The lowest BCUT2D eigenvalue weighted by Gasteiger charge is -2.35. The number of nitrogens with one attached hydrogen (secondary N) is 3. The molecular weight excluding hydrogens is 402 g/mol. The highest BCUT2D eigenvalue weighted by Crippen LogP contribution is 2.28. The number of carbonyl (C=O) groups excluding carboxylic acids is 1. The summed E-state index contributed by atoms with van der Waals surface area (Å²) in [4.78, 5) is 21.2. The molecule has 1 aromatic carbocycles. The van der Waals surface area contributed by atoms with Crippen molar-refractivity contribution < 1.29 is 4.79 Å². The van der Waals surface area contributed by atoms with Gasteiger partial charge in [0.15, 0.2) is 0 Å². The second-order valence-electron chi connectivity index (χ2n) is 7.89. The number of benzene rings is 1. The van der Waals surface area contributed by atoms with E-state index in [2.05, 4.69) is 44.1 Å². The standard InChI is InChI=1S/C24H25N7O/c1-15-19(31-13-7-11-17(20(25)32)24(31)28-15)23-29-21-18(10-5-6-12-26-21)22(30-23)27-14-16-8-3-2-4-9-16/h2-9,11-13,22-23,27,29-30H,10,14H2,1H3,(H2,25,32). The summed E-state index contributed by atoms with van der Waals surface area (Å²) in [5.41, 5.74) is 10.6. The summed E-state index contributed by atoms with van der Waals surface area (Å²) in [6.45, 7) is 2.65. The van der Waals surface area contributed by atoms with Crippen LogP contribution in [0.15, 0.2) is 77.2 Å². The summed E-state index contributed by atoms with van der Waals surface area (Å²) in [6, 6.07) is 13.8. The Hall–Kier alpha value is -3.75. The van der Waals surface area contributed by atoms with E-state index < -0.39 is 5.91 Å². The van der Waals surface area contributed by atoms with Crippen LogP contribution in [0, 0.1) is 6.92 Å². The molecule has 0 aliphatic carbocycles. The number of fused-ring (bicyclic) bond motifs is 1. The summed E-state index contributed by atoms with van der Waals surface area (Å²) < 4.78 is 1.92. The third kappa shape index (κ3) is 3.70. The summed E-state index contributed by atoms with van der Waals surface area (Å²) in [5.74, 6) is 0.341. The molecule has 2 aliphatic heterocycles. The van der Waals surface area contributed by atoms with E-state index in [1.165, 1.54) is 5.56 Å². The van der Waals surface area contributed by atoms with Gasteiger partial charge in [0.2, 0.25) is 0 Å². The first kappa shape index (κ1) is 20.2. The second kappa shape index (κ2) is 8.41. The molecule has 2 atom stereocenters. The molecule has 2 aliphatic rings. The normalized spacial score (nSPS) is 20.2. The average molecular weight is 428 g/mol. The lowest BCUT2D eigenvalue weighted by molar-refractivity contribution is 0.100. The van der Waals surface area contributed by atoms with Crippen molar-refractivity contribution in [3.63, 3.8) is 0 Å². The first-order valence-corrected chi connectivity index (χ1v) is 10.6. The number of amides is 1. The number of primary amides is 1. The Bertz CT molecular complexity index is 1260. The first-order chi connectivity index (χ1) is 15.6. The van der Waals surface area contributed by atoms with E-state index in [4.69, 9.17) is 5.73 Å². The van der Waals surface area contributed by atoms with Crippen LogP contribution in [-0.2, 0) is 6.54 Å². The van der Waals surface area contributed by atoms with Crippen LogP contribution in [0.2, 0.25) is 0 Å². The number of aliphatic imine (C=N–C) groups is 1. The van der Waals surface area contributed by atoms with Gasteiger partial charge in [0.05, 0.1) is 23.1 Å². The van der Waals surface area contributed by atoms with Crippen molar-refractivity contribution in [1.82, 2.24) is 25.3 Å². The number of hydrogen-bond acceptors (Lipinski definition) is 6. The Morgan fingerprint density at radius 2 is 2.09 bits per heavy atom. The molecule has 8 heteroatoms. The Kier molecular flexibility index (Phi) is 5.30. The van der Waals surface area contributed by atoms with Crippen molar-refractivity contribution in [2.75, 3.05) is 0 Å². The number of nitrogens with zero attached hydrogens (tertiary/aromatic N) is 3. The van der Waals surface area contributed by atoms with E-state index in [0.717, 1.165) is 29.2 Å². The van der Waals surface area contributed by atoms with Crippen LogP contribution in [0.5, 0.6) is 0 Å². The van der Waals surface area contributed by atoms with E-state index in [-0.39, 0.29) is 12.3 Å². The molecular formula is C24H25N7O. The largest absolute Gasteiger partial charge is 0.365 e. The lowest BCUT2D eigenvalue weighted by atomic mass is 10.0. The molecule has 2 aromatic heterocycles. The molecule has 0 bridgehead atoms. The Labute approximate surface area is 185 Å². The van der Waals surface area contributed by atoms with Gasteiger partial charge in [-0.3, -0.25) is 19.8 Å². The van der Waals surface area contributed by atoms with E-state index in [0.29, 0.717) is 17.8 Å². The van der Waals surface area contributed by atoms with Crippen LogP contribution in [0.4, 0.5) is 0 Å². The van der Waals surface area contributed by atoms with E-state index >= 15 is 0 Å². The fourth-order valence-corrected chi connectivity index (χ4v) is 4.27. The molecule has 0 radical (unpaired) electrons. The maximum absolute atomic E-state index is 11.9. The Morgan fingerprint density at radius 1 is 1.25 bits per heavy atom. The number of aryl methyl sites for hydroxylation is 1. The number of carbonyl (C=O) groups is 1. The molecule has 4 heterocycles. The number of pyridine rings is 1. The first-order valence-electron chi connectivity index (χ1n) is 10.6. The maximum atomic E-state index is 11.9. The van der Waals surface area contributed by atoms with Crippen molar-refractivity contribution in [3.05, 3.63) is 94.7 Å². The minimum absolute atomic E-state index is 0.0966. The minimum atomic E-state index is -0.497. The third-order valence-electron chi connectivity index (χ3n) is 5.79. The Balaban J connectivity index is 1.52. The second-order valence-corrected chi connectivity index (χ2v) is 7.89. The molecule has 0 saturated carbocycles. The predicted molar refractivity (Wildman–Crippen MR) is 124 cm³/mol. The zero-order chi connectivity index (χ0) is 22.1. The van der Waals surface area contributed by atoms with Gasteiger partial charge in [0.25, 0.3) is 5.91 Å². The molecule has 2 unspecified atom stereocenters. The zero-order valence-corrected chi connectivity index (χ0v) is 17.7. The number of hydrogen-bond donors (Lipinski definition) is 4. The highest BCUT2D eigenvalue weighted by molar-refractivity contribution is 5.98. The van der Waals surface area contributed by atoms with Crippen molar-refractivity contribution in [2.24, 2.45) is 10.7 Å². The van der Waals surface area contributed by atoms with Gasteiger partial charge >= 0.3 is 0 Å². The molecule has 162 valence electrons. The molecule has 3 aromatic rings. The quantitative estimate of drug-likeness (QED) is 0.500. The zero-order valence-electron chi connectivity index (χ0n) is 17.7. The number of rotatable bonds is 5. The van der Waals surface area contributed by atoms with Crippen molar-refractivity contribution in [1.29, 1.82) is 0 Å². The van der Waals surface area contributed by atoms with Crippen LogP contribution >= 0.6 is 0 Å². The summed E-state index contributed by atoms with van der Waals surface area (Å²) in [7, 11) is 0. The number of imidazole rings is 1. The summed E-state index contributed by atoms with van der Waals surface area (Å²) in [5, 5.41) is 10.8. The number of allylic oxidation sites excluding steroid dienone is 2. The van der Waals surface area contributed by atoms with E-state index in [1.807, 2.05) is 47.9 Å². The van der Waals surface area contributed by atoms with Crippen LogP contribution in [0.3, 0.4) is 0 Å². The smallest absolute Gasteiger partial charge is 0.252 e. The third-order valence-corrected chi connectivity index (χ3v) is 5.79. The molecule has 5 N–H and O–H groups in total. The molecule has 8 nitrogen and oxygen atoms in total. The fourth-order valence-electron chi connectivity index (χ4n) is 4.27. The van der Waals surface area contributed by atoms with Crippen molar-refractivity contribution >= 4 is 17.8 Å². The van der Waals surface area contributed by atoms with Gasteiger partial charge in [-0.2, -0.15) is 0 Å². The predicted octanol–water partition coefficient (Wildman–Crippen LogP) is 2.29.